The van der Waals surface area contributed by atoms with Crippen molar-refractivity contribution in [1.82, 2.24) is 9.78 Å². The van der Waals surface area contributed by atoms with Gasteiger partial charge in [-0.15, -0.1) is 0 Å². The molecule has 1 aromatic carbocycles. The molecule has 5 heteroatoms. The molecule has 0 fully saturated rings. The summed E-state index contributed by atoms with van der Waals surface area (Å²) in [6.07, 6.45) is 4.81. The first-order valence-corrected chi connectivity index (χ1v) is 5.76. The first kappa shape index (κ1) is 12.4. The molecule has 0 unspecified atom stereocenters. The number of benzene rings is 1. The van der Waals surface area contributed by atoms with Gasteiger partial charge >= 0.3 is 0 Å². The van der Waals surface area contributed by atoms with E-state index in [4.69, 9.17) is 11.6 Å². The largest absolute Gasteiger partial charge is 0.321 e. The van der Waals surface area contributed by atoms with Crippen LogP contribution in [0.4, 0.5) is 5.69 Å². The van der Waals surface area contributed by atoms with E-state index < -0.39 is 0 Å². The van der Waals surface area contributed by atoms with Crippen molar-refractivity contribution in [3.63, 3.8) is 0 Å². The molecule has 1 N–H and O–H groups in total. The van der Waals surface area contributed by atoms with E-state index in [2.05, 4.69) is 10.4 Å². The van der Waals surface area contributed by atoms with E-state index in [-0.39, 0.29) is 5.91 Å². The summed E-state index contributed by atoms with van der Waals surface area (Å²) in [6, 6.07) is 8.91. The van der Waals surface area contributed by atoms with Crippen molar-refractivity contribution in [3.05, 3.63) is 53.3 Å². The summed E-state index contributed by atoms with van der Waals surface area (Å²) in [6.45, 7) is 0. The van der Waals surface area contributed by atoms with Crippen LogP contribution < -0.4 is 5.32 Å². The molecule has 0 spiro atoms. The fourth-order valence-electron chi connectivity index (χ4n) is 1.45. The van der Waals surface area contributed by atoms with Gasteiger partial charge in [-0.25, -0.2) is 0 Å². The van der Waals surface area contributed by atoms with E-state index in [1.165, 1.54) is 6.08 Å². The van der Waals surface area contributed by atoms with Gasteiger partial charge in [0, 0.05) is 19.3 Å². The third kappa shape index (κ3) is 2.99. The third-order valence-electron chi connectivity index (χ3n) is 2.40. The van der Waals surface area contributed by atoms with E-state index in [0.29, 0.717) is 10.7 Å². The summed E-state index contributed by atoms with van der Waals surface area (Å²) >= 11 is 5.94. The number of carbonyl (C=O) groups excluding carboxylic acids is 1. The molecule has 0 radical (unpaired) electrons. The number of halogens is 1. The van der Waals surface area contributed by atoms with Crippen LogP contribution in [0.2, 0.25) is 5.02 Å². The summed E-state index contributed by atoms with van der Waals surface area (Å²) < 4.78 is 1.68. The van der Waals surface area contributed by atoms with Gasteiger partial charge in [-0.3, -0.25) is 9.48 Å². The Labute approximate surface area is 110 Å². The normalized spacial score (nSPS) is 10.8. The summed E-state index contributed by atoms with van der Waals surface area (Å²) in [5.74, 6) is -0.232. The maximum absolute atomic E-state index is 11.7. The van der Waals surface area contributed by atoms with Crippen molar-refractivity contribution in [2.75, 3.05) is 5.32 Å². The molecule has 2 aromatic rings. The molecular formula is C13H12ClN3O. The Morgan fingerprint density at radius 3 is 2.83 bits per heavy atom. The Morgan fingerprint density at radius 2 is 2.17 bits per heavy atom. The monoisotopic (exact) mass is 261 g/mol. The molecule has 0 saturated heterocycles. The standard InChI is InChI=1S/C13H12ClN3O/c1-17-10(8-9-15-17)6-7-13(18)16-12-5-3-2-4-11(12)14/h2-9H,1H3,(H,16,18). The number of anilines is 1. The Kier molecular flexibility index (Phi) is 3.79. The zero-order valence-electron chi connectivity index (χ0n) is 9.80. The molecule has 2 rings (SSSR count). The minimum absolute atomic E-state index is 0.232. The van der Waals surface area contributed by atoms with Crippen LogP contribution in [-0.2, 0) is 11.8 Å². The van der Waals surface area contributed by atoms with Crippen LogP contribution in [0.5, 0.6) is 0 Å². The molecule has 1 amide bonds. The topological polar surface area (TPSA) is 46.9 Å². The minimum atomic E-state index is -0.232. The second kappa shape index (κ2) is 5.51. The van der Waals surface area contributed by atoms with Gasteiger partial charge in [0.15, 0.2) is 0 Å². The van der Waals surface area contributed by atoms with Gasteiger partial charge in [0.25, 0.3) is 0 Å². The van der Waals surface area contributed by atoms with Gasteiger partial charge in [0.2, 0.25) is 5.91 Å². The number of hydrogen-bond acceptors (Lipinski definition) is 2. The second-order valence-corrected chi connectivity index (χ2v) is 4.09. The lowest BCUT2D eigenvalue weighted by molar-refractivity contribution is -0.111. The fraction of sp³-hybridized carbons (Fsp3) is 0.0769. The lowest BCUT2D eigenvalue weighted by atomic mass is 10.3. The minimum Gasteiger partial charge on any atom is -0.321 e. The SMILES string of the molecule is Cn1nccc1C=CC(=O)Nc1ccccc1Cl. The molecule has 18 heavy (non-hydrogen) atoms. The Bertz CT molecular complexity index is 589. The first-order valence-electron chi connectivity index (χ1n) is 5.38. The number of rotatable bonds is 3. The zero-order valence-corrected chi connectivity index (χ0v) is 10.6. The molecular weight excluding hydrogens is 250 g/mol. The highest BCUT2D eigenvalue weighted by molar-refractivity contribution is 6.33. The summed E-state index contributed by atoms with van der Waals surface area (Å²) in [5, 5.41) is 7.22. The molecule has 0 aliphatic carbocycles. The second-order valence-electron chi connectivity index (χ2n) is 3.68. The van der Waals surface area contributed by atoms with Crippen LogP contribution in [0, 0.1) is 0 Å². The van der Waals surface area contributed by atoms with Crippen molar-refractivity contribution in [3.8, 4) is 0 Å². The van der Waals surface area contributed by atoms with Crippen LogP contribution in [0.3, 0.4) is 0 Å². The predicted octanol–water partition coefficient (Wildman–Crippen LogP) is 2.73. The number of amides is 1. The van der Waals surface area contributed by atoms with Gasteiger partial charge in [-0.05, 0) is 24.3 Å². The molecule has 1 aromatic heterocycles. The third-order valence-corrected chi connectivity index (χ3v) is 2.73. The lowest BCUT2D eigenvalue weighted by Crippen LogP contribution is -2.08. The van der Waals surface area contributed by atoms with Crippen molar-refractivity contribution in [2.45, 2.75) is 0 Å². The lowest BCUT2D eigenvalue weighted by Gasteiger charge is -2.03. The van der Waals surface area contributed by atoms with E-state index in [9.17, 15) is 4.79 Å². The Morgan fingerprint density at radius 1 is 1.39 bits per heavy atom. The van der Waals surface area contributed by atoms with E-state index in [1.807, 2.05) is 25.2 Å². The average Bonchev–Trinajstić information content (AvgIpc) is 2.75. The summed E-state index contributed by atoms with van der Waals surface area (Å²) in [7, 11) is 1.81. The smallest absolute Gasteiger partial charge is 0.248 e. The maximum atomic E-state index is 11.7. The fourth-order valence-corrected chi connectivity index (χ4v) is 1.63. The summed E-state index contributed by atoms with van der Waals surface area (Å²) in [4.78, 5) is 11.7. The van der Waals surface area contributed by atoms with Crippen molar-refractivity contribution in [1.29, 1.82) is 0 Å². The van der Waals surface area contributed by atoms with Crippen LogP contribution in [0.25, 0.3) is 6.08 Å². The van der Waals surface area contributed by atoms with Gasteiger partial charge in [-0.2, -0.15) is 5.10 Å². The van der Waals surface area contributed by atoms with Gasteiger partial charge in [-0.1, -0.05) is 23.7 Å². The number of para-hydroxylation sites is 1. The number of nitrogens with one attached hydrogen (secondary N) is 1. The first-order chi connectivity index (χ1) is 8.66. The van der Waals surface area contributed by atoms with E-state index >= 15 is 0 Å². The van der Waals surface area contributed by atoms with Crippen molar-refractivity contribution < 1.29 is 4.79 Å². The number of hydrogen-bond donors (Lipinski definition) is 1. The highest BCUT2D eigenvalue weighted by atomic mass is 35.5. The highest BCUT2D eigenvalue weighted by Gasteiger charge is 2.02. The quantitative estimate of drug-likeness (QED) is 0.864. The Balaban J connectivity index is 2.04. The van der Waals surface area contributed by atoms with Gasteiger partial charge in [0.05, 0.1) is 16.4 Å². The molecule has 0 aliphatic rings. The van der Waals surface area contributed by atoms with Gasteiger partial charge in [0.1, 0.15) is 0 Å². The van der Waals surface area contributed by atoms with Crippen LogP contribution in [-0.4, -0.2) is 15.7 Å². The van der Waals surface area contributed by atoms with Crippen molar-refractivity contribution >= 4 is 29.3 Å². The molecule has 4 nitrogen and oxygen atoms in total. The molecule has 0 bridgehead atoms. The number of aryl methyl sites for hydroxylation is 1. The zero-order chi connectivity index (χ0) is 13.0. The molecule has 0 aliphatic heterocycles. The average molecular weight is 262 g/mol. The highest BCUT2D eigenvalue weighted by Crippen LogP contribution is 2.20. The van der Waals surface area contributed by atoms with Gasteiger partial charge < -0.3 is 5.32 Å². The maximum Gasteiger partial charge on any atom is 0.248 e. The number of aromatic nitrogens is 2. The van der Waals surface area contributed by atoms with Crippen molar-refractivity contribution in [2.24, 2.45) is 7.05 Å². The molecule has 92 valence electrons. The number of carbonyl (C=O) groups is 1. The van der Waals surface area contributed by atoms with E-state index in [1.54, 1.807) is 29.1 Å². The summed E-state index contributed by atoms with van der Waals surface area (Å²) in [5.41, 5.74) is 1.45. The van der Waals surface area contributed by atoms with Crippen LogP contribution in [0.15, 0.2) is 42.6 Å². The molecule has 1 heterocycles. The van der Waals surface area contributed by atoms with Crippen LogP contribution in [0.1, 0.15) is 5.69 Å². The Hall–Kier alpha value is -2.07. The van der Waals surface area contributed by atoms with E-state index in [0.717, 1.165) is 5.69 Å². The molecule has 0 saturated carbocycles. The molecule has 0 atom stereocenters. The van der Waals surface area contributed by atoms with Crippen LogP contribution >= 0.6 is 11.6 Å². The predicted molar refractivity (Wildman–Crippen MR) is 72.3 cm³/mol. The number of nitrogens with zero attached hydrogens (tertiary/aromatic N) is 2.